The Morgan fingerprint density at radius 2 is 2.15 bits per heavy atom. The van der Waals surface area contributed by atoms with Crippen LogP contribution in [0.5, 0.6) is 0 Å². The van der Waals surface area contributed by atoms with Gasteiger partial charge in [0.1, 0.15) is 6.61 Å². The van der Waals surface area contributed by atoms with Gasteiger partial charge in [0.2, 0.25) is 5.90 Å². The lowest BCUT2D eigenvalue weighted by atomic mass is 10.3. The quantitative estimate of drug-likeness (QED) is 0.564. The molecule has 0 spiro atoms. The molecule has 0 aromatic heterocycles. The molecule has 0 unspecified atom stereocenters. The van der Waals surface area contributed by atoms with Crippen LogP contribution < -0.4 is 0 Å². The third-order valence-electron chi connectivity index (χ3n) is 1.63. The molecule has 0 atom stereocenters. The van der Waals surface area contributed by atoms with Gasteiger partial charge in [-0.15, -0.1) is 0 Å². The van der Waals surface area contributed by atoms with Crippen molar-refractivity contribution >= 4 is 5.90 Å². The predicted molar refractivity (Wildman–Crippen MR) is 56.0 cm³/mol. The first-order valence-corrected chi connectivity index (χ1v) is 4.44. The van der Waals surface area contributed by atoms with Crippen molar-refractivity contribution in [2.24, 2.45) is 4.99 Å². The van der Waals surface area contributed by atoms with Crippen LogP contribution in [0.2, 0.25) is 0 Å². The Hall–Kier alpha value is -1.31. The second-order valence-corrected chi connectivity index (χ2v) is 2.92. The molecule has 2 nitrogen and oxygen atoms in total. The van der Waals surface area contributed by atoms with Crippen LogP contribution in [0.1, 0.15) is 13.3 Å². The summed E-state index contributed by atoms with van der Waals surface area (Å²) in [5, 5.41) is 0. The predicted octanol–water partition coefficient (Wildman–Crippen LogP) is 2.49. The molecular formula is C11H15NO. The van der Waals surface area contributed by atoms with Gasteiger partial charge in [-0.05, 0) is 13.3 Å². The molecule has 0 fully saturated rings. The van der Waals surface area contributed by atoms with Crippen LogP contribution in [0, 0.1) is 0 Å². The van der Waals surface area contributed by atoms with Crippen LogP contribution in [0.25, 0.3) is 0 Å². The number of rotatable bonds is 1. The molecule has 0 aromatic rings. The van der Waals surface area contributed by atoms with Crippen molar-refractivity contribution in [3.63, 3.8) is 0 Å². The summed E-state index contributed by atoms with van der Waals surface area (Å²) in [5.74, 6) is 0.663. The zero-order valence-electron chi connectivity index (χ0n) is 7.99. The molecule has 0 saturated heterocycles. The summed E-state index contributed by atoms with van der Waals surface area (Å²) in [4.78, 5) is 4.26. The number of hydrogen-bond donors (Lipinski definition) is 0. The van der Waals surface area contributed by atoms with Crippen LogP contribution >= 0.6 is 0 Å². The molecule has 0 amide bonds. The van der Waals surface area contributed by atoms with Gasteiger partial charge in [0.05, 0.1) is 6.54 Å². The fraction of sp³-hybridized carbons (Fsp3) is 0.364. The molecule has 1 rings (SSSR count). The number of hydrogen-bond acceptors (Lipinski definition) is 2. The minimum absolute atomic E-state index is 0.583. The molecule has 0 bridgehead atoms. The summed E-state index contributed by atoms with van der Waals surface area (Å²) < 4.78 is 5.41. The molecule has 0 radical (unpaired) electrons. The third-order valence-corrected chi connectivity index (χ3v) is 1.63. The Balaban J connectivity index is 2.65. The topological polar surface area (TPSA) is 21.6 Å². The first-order valence-electron chi connectivity index (χ1n) is 4.44. The number of allylic oxidation sites excluding steroid dienone is 2. The first kappa shape index (κ1) is 9.78. The van der Waals surface area contributed by atoms with Crippen molar-refractivity contribution in [2.75, 3.05) is 13.2 Å². The van der Waals surface area contributed by atoms with E-state index >= 15 is 0 Å². The minimum Gasteiger partial charge on any atom is -0.473 e. The van der Waals surface area contributed by atoms with E-state index < -0.39 is 0 Å². The van der Waals surface area contributed by atoms with E-state index in [1.807, 2.05) is 19.1 Å². The van der Waals surface area contributed by atoms with Gasteiger partial charge in [0.25, 0.3) is 0 Å². The van der Waals surface area contributed by atoms with Gasteiger partial charge >= 0.3 is 0 Å². The highest BCUT2D eigenvalue weighted by atomic mass is 16.5. The molecule has 13 heavy (non-hydrogen) atoms. The summed E-state index contributed by atoms with van der Waals surface area (Å²) in [5.41, 5.74) is 0.877. The van der Waals surface area contributed by atoms with E-state index in [0.29, 0.717) is 19.0 Å². The molecule has 70 valence electrons. The first-order chi connectivity index (χ1) is 6.30. The van der Waals surface area contributed by atoms with Crippen molar-refractivity contribution in [3.8, 4) is 0 Å². The fourth-order valence-electron chi connectivity index (χ4n) is 0.980. The lowest BCUT2D eigenvalue weighted by Crippen LogP contribution is -2.07. The molecule has 1 aliphatic heterocycles. The van der Waals surface area contributed by atoms with Gasteiger partial charge in [-0.25, -0.2) is 4.99 Å². The van der Waals surface area contributed by atoms with Crippen LogP contribution in [0.15, 0.2) is 41.4 Å². The summed E-state index contributed by atoms with van der Waals surface area (Å²) in [6.45, 7) is 6.96. The van der Waals surface area contributed by atoms with Crippen molar-refractivity contribution in [1.29, 1.82) is 0 Å². The highest BCUT2D eigenvalue weighted by Gasteiger charge is 1.98. The zero-order valence-corrected chi connectivity index (χ0v) is 7.99. The van der Waals surface area contributed by atoms with Gasteiger partial charge < -0.3 is 4.74 Å². The normalized spacial score (nSPS) is 22.4. The number of ether oxygens (including phenoxy) is 1. The molecule has 0 N–H and O–H groups in total. The van der Waals surface area contributed by atoms with E-state index in [1.54, 1.807) is 0 Å². The molecule has 1 heterocycles. The number of aliphatic imine (C=N–C) groups is 1. The van der Waals surface area contributed by atoms with E-state index in [0.717, 1.165) is 12.0 Å². The molecule has 1 aliphatic rings. The molecule has 2 heteroatoms. The van der Waals surface area contributed by atoms with Crippen LogP contribution in [-0.2, 0) is 4.74 Å². The van der Waals surface area contributed by atoms with Crippen LogP contribution in [0.3, 0.4) is 0 Å². The highest BCUT2D eigenvalue weighted by Crippen LogP contribution is 1.99. The summed E-state index contributed by atoms with van der Waals surface area (Å²) in [6.07, 6.45) is 9.16. The average Bonchev–Trinajstić information content (AvgIpc) is 2.14. The Labute approximate surface area is 79.3 Å². The van der Waals surface area contributed by atoms with E-state index in [4.69, 9.17) is 4.74 Å². The van der Waals surface area contributed by atoms with E-state index in [2.05, 4.69) is 23.7 Å². The van der Waals surface area contributed by atoms with Crippen molar-refractivity contribution in [1.82, 2.24) is 0 Å². The maximum Gasteiger partial charge on any atom is 0.211 e. The largest absolute Gasteiger partial charge is 0.473 e. The third kappa shape index (κ3) is 3.74. The fourth-order valence-corrected chi connectivity index (χ4v) is 0.980. The van der Waals surface area contributed by atoms with Gasteiger partial charge in [-0.3, -0.25) is 0 Å². The molecule has 0 saturated carbocycles. The minimum atomic E-state index is 0.583. The van der Waals surface area contributed by atoms with Crippen molar-refractivity contribution < 1.29 is 4.74 Å². The van der Waals surface area contributed by atoms with Gasteiger partial charge in [0, 0.05) is 5.57 Å². The lowest BCUT2D eigenvalue weighted by Gasteiger charge is -2.06. The van der Waals surface area contributed by atoms with Crippen molar-refractivity contribution in [2.45, 2.75) is 13.3 Å². The summed E-state index contributed by atoms with van der Waals surface area (Å²) >= 11 is 0. The van der Waals surface area contributed by atoms with Crippen LogP contribution in [-0.4, -0.2) is 19.0 Å². The smallest absolute Gasteiger partial charge is 0.211 e. The number of nitrogens with zero attached hydrogens (tertiary/aromatic N) is 1. The van der Waals surface area contributed by atoms with Gasteiger partial charge in [0.15, 0.2) is 0 Å². The highest BCUT2D eigenvalue weighted by molar-refractivity contribution is 5.92. The maximum atomic E-state index is 5.41. The zero-order chi connectivity index (χ0) is 9.52. The van der Waals surface area contributed by atoms with Gasteiger partial charge in [-0.2, -0.15) is 0 Å². The second-order valence-electron chi connectivity index (χ2n) is 2.92. The van der Waals surface area contributed by atoms with Crippen molar-refractivity contribution in [3.05, 3.63) is 36.5 Å². The van der Waals surface area contributed by atoms with E-state index in [-0.39, 0.29) is 0 Å². The average molecular weight is 177 g/mol. The summed E-state index contributed by atoms with van der Waals surface area (Å²) in [6, 6.07) is 0. The van der Waals surface area contributed by atoms with E-state index in [9.17, 15) is 0 Å². The molecule has 0 aromatic carbocycles. The van der Waals surface area contributed by atoms with Crippen LogP contribution in [0.4, 0.5) is 0 Å². The maximum absolute atomic E-state index is 5.41. The monoisotopic (exact) mass is 177 g/mol. The Morgan fingerprint density at radius 1 is 1.38 bits per heavy atom. The second kappa shape index (κ2) is 5.36. The lowest BCUT2D eigenvalue weighted by molar-refractivity contribution is 0.349. The Bertz CT molecular complexity index is 261. The Kier molecular flexibility index (Phi) is 4.03. The SMILES string of the molecule is C=C(C)C1=NC/C=C\C/C=C\CO1. The summed E-state index contributed by atoms with van der Waals surface area (Å²) in [7, 11) is 0. The molecule has 0 aliphatic carbocycles. The van der Waals surface area contributed by atoms with Gasteiger partial charge in [-0.1, -0.05) is 30.9 Å². The standard InChI is InChI=1S/C11H15NO/c1-10(2)11-12-8-6-4-3-5-7-9-13-11/h4-7H,1,3,8-9H2,2H3/b6-4-,7-5-,12-11?. The Morgan fingerprint density at radius 3 is 2.92 bits per heavy atom. The molecular weight excluding hydrogens is 162 g/mol. The van der Waals surface area contributed by atoms with E-state index in [1.165, 1.54) is 0 Å².